The third-order valence-electron chi connectivity index (χ3n) is 2.73. The van der Waals surface area contributed by atoms with Crippen molar-refractivity contribution in [3.8, 4) is 11.8 Å². The fourth-order valence-corrected chi connectivity index (χ4v) is 2.57. The molecular weight excluding hydrogens is 270 g/mol. The number of thiophene rings is 1. The van der Waals surface area contributed by atoms with Gasteiger partial charge in [-0.15, -0.1) is 11.3 Å². The van der Waals surface area contributed by atoms with E-state index in [-0.39, 0.29) is 5.91 Å². The molecule has 0 saturated heterocycles. The average Bonchev–Trinajstić information content (AvgIpc) is 2.80. The van der Waals surface area contributed by atoms with Crippen molar-refractivity contribution in [1.82, 2.24) is 4.98 Å². The van der Waals surface area contributed by atoms with Crippen LogP contribution in [0.4, 0.5) is 5.69 Å². The van der Waals surface area contributed by atoms with E-state index >= 15 is 0 Å². The van der Waals surface area contributed by atoms with E-state index in [2.05, 4.69) is 22.1 Å². The van der Waals surface area contributed by atoms with E-state index in [0.717, 1.165) is 21.7 Å². The summed E-state index contributed by atoms with van der Waals surface area (Å²) in [4.78, 5) is 17.7. The minimum absolute atomic E-state index is 0.144. The largest absolute Gasteiger partial charge is 0.320 e. The number of nitrogens with one attached hydrogen (secondary N) is 1. The summed E-state index contributed by atoms with van der Waals surface area (Å²) < 4.78 is 0. The number of aromatic nitrogens is 1. The molecule has 5 heteroatoms. The molecule has 20 heavy (non-hydrogen) atoms. The predicted octanol–water partition coefficient (Wildman–Crippen LogP) is 2.32. The smallest absolute Gasteiger partial charge is 0.265 e. The summed E-state index contributed by atoms with van der Waals surface area (Å²) in [5, 5.41) is 2.86. The number of aryl methyl sites for hydroxylation is 2. The molecule has 2 rings (SSSR count). The monoisotopic (exact) mass is 285 g/mol. The van der Waals surface area contributed by atoms with Crippen LogP contribution in [0.3, 0.4) is 0 Å². The maximum Gasteiger partial charge on any atom is 0.265 e. The number of pyridine rings is 1. The van der Waals surface area contributed by atoms with Crippen LogP contribution in [0.5, 0.6) is 0 Å². The van der Waals surface area contributed by atoms with Crippen molar-refractivity contribution in [2.75, 3.05) is 11.9 Å². The molecule has 3 N–H and O–H groups in total. The van der Waals surface area contributed by atoms with Crippen molar-refractivity contribution < 1.29 is 4.79 Å². The lowest BCUT2D eigenvalue weighted by Crippen LogP contribution is -2.11. The minimum Gasteiger partial charge on any atom is -0.320 e. The third-order valence-corrected chi connectivity index (χ3v) is 3.88. The first-order chi connectivity index (χ1) is 9.61. The molecule has 0 aromatic carbocycles. The maximum atomic E-state index is 12.2. The summed E-state index contributed by atoms with van der Waals surface area (Å²) in [7, 11) is 0. The molecule has 0 unspecified atom stereocenters. The zero-order chi connectivity index (χ0) is 14.5. The van der Waals surface area contributed by atoms with Crippen LogP contribution in [0, 0.1) is 25.7 Å². The van der Waals surface area contributed by atoms with Crippen LogP contribution in [0.25, 0.3) is 0 Å². The van der Waals surface area contributed by atoms with Crippen LogP contribution >= 0.6 is 11.3 Å². The number of hydrogen-bond acceptors (Lipinski definition) is 4. The fourth-order valence-electron chi connectivity index (χ4n) is 1.63. The first-order valence-corrected chi connectivity index (χ1v) is 6.95. The molecule has 0 bridgehead atoms. The first-order valence-electron chi connectivity index (χ1n) is 6.13. The van der Waals surface area contributed by atoms with Crippen LogP contribution in [0.15, 0.2) is 24.5 Å². The van der Waals surface area contributed by atoms with Gasteiger partial charge in [0.05, 0.1) is 28.2 Å². The second kappa shape index (κ2) is 6.33. The van der Waals surface area contributed by atoms with Crippen molar-refractivity contribution in [2.45, 2.75) is 13.8 Å². The number of hydrogen-bond donors (Lipinski definition) is 2. The minimum atomic E-state index is -0.144. The van der Waals surface area contributed by atoms with Gasteiger partial charge in [-0.25, -0.2) is 0 Å². The second-order valence-corrected chi connectivity index (χ2v) is 5.33. The molecule has 0 aliphatic carbocycles. The highest BCUT2D eigenvalue weighted by atomic mass is 32.1. The first kappa shape index (κ1) is 14.3. The van der Waals surface area contributed by atoms with Gasteiger partial charge in [0, 0.05) is 6.20 Å². The molecule has 2 aromatic rings. The van der Waals surface area contributed by atoms with Crippen LogP contribution in [0.1, 0.15) is 25.7 Å². The van der Waals surface area contributed by atoms with Gasteiger partial charge in [-0.1, -0.05) is 11.8 Å². The molecule has 2 aromatic heterocycles. The molecular formula is C15H15N3OS. The van der Waals surface area contributed by atoms with E-state index in [0.29, 0.717) is 11.4 Å². The summed E-state index contributed by atoms with van der Waals surface area (Å²) in [6.45, 7) is 4.17. The molecule has 0 radical (unpaired) electrons. The number of nitrogens with zero attached hydrogens (tertiary/aromatic N) is 1. The molecule has 1 amide bonds. The van der Waals surface area contributed by atoms with Gasteiger partial charge in [0.2, 0.25) is 0 Å². The highest BCUT2D eigenvalue weighted by Gasteiger charge is 2.12. The van der Waals surface area contributed by atoms with Crippen LogP contribution < -0.4 is 11.1 Å². The molecule has 0 aliphatic rings. The Labute approximate surface area is 122 Å². The van der Waals surface area contributed by atoms with E-state index in [9.17, 15) is 4.79 Å². The third kappa shape index (κ3) is 3.23. The Bertz CT molecular complexity index is 695. The van der Waals surface area contributed by atoms with Gasteiger partial charge in [-0.05, 0) is 37.1 Å². The lowest BCUT2D eigenvalue weighted by molar-refractivity contribution is 0.103. The molecule has 2 heterocycles. The molecule has 0 saturated carbocycles. The van der Waals surface area contributed by atoms with E-state index in [4.69, 9.17) is 5.73 Å². The predicted molar refractivity (Wildman–Crippen MR) is 81.9 cm³/mol. The quantitative estimate of drug-likeness (QED) is 0.832. The number of nitrogens with two attached hydrogens (primary N) is 1. The van der Waals surface area contributed by atoms with E-state index in [1.807, 2.05) is 26.0 Å². The Balaban J connectivity index is 2.20. The topological polar surface area (TPSA) is 68.0 Å². The number of anilines is 1. The molecule has 0 fully saturated rings. The van der Waals surface area contributed by atoms with Crippen molar-refractivity contribution in [3.05, 3.63) is 45.4 Å². The van der Waals surface area contributed by atoms with Gasteiger partial charge < -0.3 is 11.1 Å². The van der Waals surface area contributed by atoms with E-state index < -0.39 is 0 Å². The zero-order valence-corrected chi connectivity index (χ0v) is 12.2. The molecule has 102 valence electrons. The van der Waals surface area contributed by atoms with Gasteiger partial charge in [0.15, 0.2) is 0 Å². The van der Waals surface area contributed by atoms with E-state index in [1.54, 1.807) is 12.4 Å². The van der Waals surface area contributed by atoms with Gasteiger partial charge in [-0.2, -0.15) is 0 Å². The lowest BCUT2D eigenvalue weighted by atomic mass is 10.2. The Morgan fingerprint density at radius 3 is 2.95 bits per heavy atom. The van der Waals surface area contributed by atoms with Crippen molar-refractivity contribution in [2.24, 2.45) is 5.73 Å². The highest BCUT2D eigenvalue weighted by Crippen LogP contribution is 2.22. The summed E-state index contributed by atoms with van der Waals surface area (Å²) in [6.07, 6.45) is 3.34. The van der Waals surface area contributed by atoms with Crippen LogP contribution in [0.2, 0.25) is 0 Å². The number of rotatable bonds is 2. The Hall–Kier alpha value is -2.16. The van der Waals surface area contributed by atoms with Gasteiger partial charge in [0.25, 0.3) is 5.91 Å². The van der Waals surface area contributed by atoms with Crippen LogP contribution in [-0.2, 0) is 0 Å². The fraction of sp³-hybridized carbons (Fsp3) is 0.200. The summed E-state index contributed by atoms with van der Waals surface area (Å²) >= 11 is 1.37. The molecule has 0 spiro atoms. The van der Waals surface area contributed by atoms with Gasteiger partial charge in [0.1, 0.15) is 0 Å². The van der Waals surface area contributed by atoms with Gasteiger partial charge in [-0.3, -0.25) is 9.78 Å². The van der Waals surface area contributed by atoms with Crippen molar-refractivity contribution in [3.63, 3.8) is 0 Å². The lowest BCUT2D eigenvalue weighted by Gasteiger charge is -2.05. The van der Waals surface area contributed by atoms with E-state index in [1.165, 1.54) is 11.3 Å². The maximum absolute atomic E-state index is 12.2. The van der Waals surface area contributed by atoms with Gasteiger partial charge >= 0.3 is 0 Å². The molecule has 0 aliphatic heterocycles. The van der Waals surface area contributed by atoms with Crippen molar-refractivity contribution >= 4 is 22.9 Å². The van der Waals surface area contributed by atoms with Crippen LogP contribution in [-0.4, -0.2) is 17.4 Å². The second-order valence-electron chi connectivity index (χ2n) is 4.27. The average molecular weight is 285 g/mol. The summed E-state index contributed by atoms with van der Waals surface area (Å²) in [5.41, 5.74) is 8.04. The molecule has 0 atom stereocenters. The molecule has 4 nitrogen and oxygen atoms in total. The normalized spacial score (nSPS) is 9.75. The number of carbonyl (C=O) groups excluding carboxylic acids is 1. The number of amides is 1. The highest BCUT2D eigenvalue weighted by molar-refractivity contribution is 7.14. The Morgan fingerprint density at radius 1 is 1.45 bits per heavy atom. The summed E-state index contributed by atoms with van der Waals surface area (Å²) in [6, 6.07) is 3.69. The number of carbonyl (C=O) groups is 1. The zero-order valence-electron chi connectivity index (χ0n) is 11.4. The Kier molecular flexibility index (Phi) is 4.51. The van der Waals surface area contributed by atoms with Crippen molar-refractivity contribution in [1.29, 1.82) is 0 Å². The Morgan fingerprint density at radius 2 is 2.25 bits per heavy atom. The standard InChI is InChI=1S/C15H15N3OS/c1-10-5-7-17-9-12(10)18-15(19)14-8-11(2)13(20-14)4-3-6-16/h5,7-9H,6,16H2,1-2H3,(H,18,19). The SMILES string of the molecule is Cc1ccncc1NC(=O)c1cc(C)c(C#CCN)s1. The summed E-state index contributed by atoms with van der Waals surface area (Å²) in [5.74, 6) is 5.63.